The van der Waals surface area contributed by atoms with Crippen LogP contribution in [0.1, 0.15) is 18.5 Å². The predicted molar refractivity (Wildman–Crippen MR) is 90.0 cm³/mol. The van der Waals surface area contributed by atoms with Crippen LogP contribution in [0.2, 0.25) is 0 Å². The number of carbonyl (C=O) groups is 1. The molecular formula is C16H19N3OS2. The first-order valence-corrected chi connectivity index (χ1v) is 9.60. The smallest absolute Gasteiger partial charge is 0.225 e. The van der Waals surface area contributed by atoms with Crippen molar-refractivity contribution < 1.29 is 4.79 Å². The fourth-order valence-corrected chi connectivity index (χ4v) is 4.37. The van der Waals surface area contributed by atoms with Gasteiger partial charge in [-0.2, -0.15) is 11.3 Å². The summed E-state index contributed by atoms with van der Waals surface area (Å²) in [5.41, 5.74) is 2.37. The van der Waals surface area contributed by atoms with Crippen LogP contribution in [-0.4, -0.2) is 46.9 Å². The Morgan fingerprint density at radius 2 is 2.05 bits per heavy atom. The summed E-state index contributed by atoms with van der Waals surface area (Å²) in [4.78, 5) is 21.3. The highest BCUT2D eigenvalue weighted by atomic mass is 32.1. The molecule has 116 valence electrons. The Kier molecular flexibility index (Phi) is 3.98. The van der Waals surface area contributed by atoms with Gasteiger partial charge in [0, 0.05) is 55.0 Å². The van der Waals surface area contributed by atoms with Crippen molar-refractivity contribution in [2.75, 3.05) is 26.2 Å². The van der Waals surface area contributed by atoms with Gasteiger partial charge in [-0.1, -0.05) is 0 Å². The monoisotopic (exact) mass is 333 g/mol. The van der Waals surface area contributed by atoms with Crippen molar-refractivity contribution in [1.82, 2.24) is 14.8 Å². The lowest BCUT2D eigenvalue weighted by molar-refractivity contribution is -0.134. The van der Waals surface area contributed by atoms with Crippen LogP contribution in [0.3, 0.4) is 0 Å². The molecule has 0 atom stereocenters. The van der Waals surface area contributed by atoms with Gasteiger partial charge in [-0.15, -0.1) is 11.3 Å². The number of nitrogens with zero attached hydrogens (tertiary/aromatic N) is 3. The third-order valence-electron chi connectivity index (χ3n) is 4.32. The molecule has 0 unspecified atom stereocenters. The van der Waals surface area contributed by atoms with E-state index in [1.165, 1.54) is 5.56 Å². The Morgan fingerprint density at radius 1 is 1.23 bits per heavy atom. The zero-order chi connectivity index (χ0) is 14.9. The molecule has 0 bridgehead atoms. The number of piperazine rings is 1. The van der Waals surface area contributed by atoms with E-state index in [0.29, 0.717) is 11.8 Å². The minimum Gasteiger partial charge on any atom is -0.340 e. The number of thiophene rings is 1. The minimum absolute atomic E-state index is 0.346. The normalized spacial score (nSPS) is 19.5. The summed E-state index contributed by atoms with van der Waals surface area (Å²) in [6.45, 7) is 4.56. The molecule has 6 heteroatoms. The average molecular weight is 333 g/mol. The van der Waals surface area contributed by atoms with Gasteiger partial charge in [0.05, 0.1) is 5.69 Å². The van der Waals surface area contributed by atoms with Crippen molar-refractivity contribution in [3.05, 3.63) is 27.9 Å². The van der Waals surface area contributed by atoms with E-state index in [-0.39, 0.29) is 0 Å². The van der Waals surface area contributed by atoms with Gasteiger partial charge in [0.1, 0.15) is 5.01 Å². The number of carbonyl (C=O) groups excluding carboxylic acids is 1. The molecule has 2 fully saturated rings. The van der Waals surface area contributed by atoms with Crippen molar-refractivity contribution >= 4 is 28.6 Å². The molecule has 0 spiro atoms. The maximum Gasteiger partial charge on any atom is 0.225 e. The summed E-state index contributed by atoms with van der Waals surface area (Å²) in [5, 5.41) is 7.50. The Morgan fingerprint density at radius 3 is 2.73 bits per heavy atom. The first-order chi connectivity index (χ1) is 10.8. The minimum atomic E-state index is 0.346. The molecule has 1 amide bonds. The molecule has 1 aliphatic carbocycles. The molecule has 0 aromatic carbocycles. The van der Waals surface area contributed by atoms with Gasteiger partial charge >= 0.3 is 0 Å². The van der Waals surface area contributed by atoms with E-state index in [2.05, 4.69) is 27.1 Å². The van der Waals surface area contributed by atoms with Crippen LogP contribution in [0.25, 0.3) is 10.6 Å². The molecule has 2 aromatic rings. The molecular weight excluding hydrogens is 314 g/mol. The van der Waals surface area contributed by atoms with Crippen molar-refractivity contribution in [2.45, 2.75) is 19.4 Å². The Balaban J connectivity index is 1.32. The third-order valence-corrected chi connectivity index (χ3v) is 5.94. The van der Waals surface area contributed by atoms with Crippen LogP contribution < -0.4 is 0 Å². The van der Waals surface area contributed by atoms with E-state index in [4.69, 9.17) is 4.98 Å². The largest absolute Gasteiger partial charge is 0.340 e. The predicted octanol–water partition coefficient (Wildman–Crippen LogP) is 2.93. The molecule has 4 rings (SSSR count). The molecule has 3 heterocycles. The number of aromatic nitrogens is 1. The Labute approximate surface area is 138 Å². The number of amides is 1. The number of thiazole rings is 1. The Bertz CT molecular complexity index is 640. The summed E-state index contributed by atoms with van der Waals surface area (Å²) in [7, 11) is 0. The second-order valence-electron chi connectivity index (χ2n) is 6.03. The van der Waals surface area contributed by atoms with Gasteiger partial charge in [-0.25, -0.2) is 4.98 Å². The number of rotatable bonds is 4. The van der Waals surface area contributed by atoms with E-state index >= 15 is 0 Å². The summed E-state index contributed by atoms with van der Waals surface area (Å²) < 4.78 is 0. The first kappa shape index (κ1) is 14.4. The number of hydrogen-bond acceptors (Lipinski definition) is 5. The van der Waals surface area contributed by atoms with Crippen molar-refractivity contribution in [2.24, 2.45) is 5.92 Å². The second-order valence-corrected chi connectivity index (χ2v) is 7.67. The van der Waals surface area contributed by atoms with Crippen molar-refractivity contribution in [3.63, 3.8) is 0 Å². The van der Waals surface area contributed by atoms with Crippen LogP contribution in [0.4, 0.5) is 0 Å². The van der Waals surface area contributed by atoms with Crippen LogP contribution in [0.15, 0.2) is 22.2 Å². The lowest BCUT2D eigenvalue weighted by Crippen LogP contribution is -2.48. The van der Waals surface area contributed by atoms with E-state index < -0.39 is 0 Å². The maximum absolute atomic E-state index is 12.1. The highest BCUT2D eigenvalue weighted by molar-refractivity contribution is 7.14. The SMILES string of the molecule is O=C(C1CC1)N1CCN(Cc2csc(-c3ccsc3)n2)CC1. The van der Waals surface area contributed by atoms with Gasteiger partial charge in [0.15, 0.2) is 0 Å². The second kappa shape index (κ2) is 6.10. The fraction of sp³-hybridized carbons (Fsp3) is 0.500. The third kappa shape index (κ3) is 3.09. The fourth-order valence-electron chi connectivity index (χ4n) is 2.84. The lowest BCUT2D eigenvalue weighted by atomic mass is 10.2. The Hall–Kier alpha value is -1.24. The summed E-state index contributed by atoms with van der Waals surface area (Å²) in [6, 6.07) is 2.12. The molecule has 0 radical (unpaired) electrons. The van der Waals surface area contributed by atoms with Gasteiger partial charge < -0.3 is 4.90 Å². The van der Waals surface area contributed by atoms with Crippen molar-refractivity contribution in [3.8, 4) is 10.6 Å². The van der Waals surface area contributed by atoms with E-state index in [1.807, 2.05) is 4.90 Å². The van der Waals surface area contributed by atoms with E-state index in [9.17, 15) is 4.79 Å². The molecule has 2 aromatic heterocycles. The molecule has 1 saturated carbocycles. The molecule has 4 nitrogen and oxygen atoms in total. The van der Waals surface area contributed by atoms with Crippen LogP contribution in [0.5, 0.6) is 0 Å². The summed E-state index contributed by atoms with van der Waals surface area (Å²) >= 11 is 3.43. The molecule has 0 N–H and O–H groups in total. The van der Waals surface area contributed by atoms with Gasteiger partial charge in [-0.3, -0.25) is 9.69 Å². The molecule has 22 heavy (non-hydrogen) atoms. The van der Waals surface area contributed by atoms with E-state index in [0.717, 1.165) is 56.3 Å². The van der Waals surface area contributed by atoms with Crippen LogP contribution in [0, 0.1) is 5.92 Å². The quantitative estimate of drug-likeness (QED) is 0.863. The van der Waals surface area contributed by atoms with Gasteiger partial charge in [0.25, 0.3) is 0 Å². The van der Waals surface area contributed by atoms with Crippen molar-refractivity contribution in [1.29, 1.82) is 0 Å². The van der Waals surface area contributed by atoms with Crippen LogP contribution >= 0.6 is 22.7 Å². The topological polar surface area (TPSA) is 36.4 Å². The highest BCUT2D eigenvalue weighted by Gasteiger charge is 2.34. The summed E-state index contributed by atoms with van der Waals surface area (Å²) in [5.74, 6) is 0.728. The van der Waals surface area contributed by atoms with Gasteiger partial charge in [0.2, 0.25) is 5.91 Å². The maximum atomic E-state index is 12.1. The lowest BCUT2D eigenvalue weighted by Gasteiger charge is -2.34. The molecule has 1 aliphatic heterocycles. The van der Waals surface area contributed by atoms with Crippen LogP contribution in [-0.2, 0) is 11.3 Å². The standard InChI is InChI=1S/C16H19N3OS2/c20-16(12-1-2-12)19-6-4-18(5-7-19)9-14-11-22-15(17-14)13-3-8-21-10-13/h3,8,10-12H,1-2,4-7,9H2. The highest BCUT2D eigenvalue weighted by Crippen LogP contribution is 2.31. The zero-order valence-electron chi connectivity index (χ0n) is 12.4. The first-order valence-electron chi connectivity index (χ1n) is 7.78. The number of hydrogen-bond donors (Lipinski definition) is 0. The zero-order valence-corrected chi connectivity index (χ0v) is 14.0. The summed E-state index contributed by atoms with van der Waals surface area (Å²) in [6.07, 6.45) is 2.20. The average Bonchev–Trinajstić information content (AvgIpc) is 3.05. The van der Waals surface area contributed by atoms with E-state index in [1.54, 1.807) is 22.7 Å². The van der Waals surface area contributed by atoms with Gasteiger partial charge in [-0.05, 0) is 24.3 Å². The molecule has 1 saturated heterocycles. The molecule has 2 aliphatic rings.